The number of hydrogen-bond donors (Lipinski definition) is 3. The van der Waals surface area contributed by atoms with Crippen molar-refractivity contribution in [1.29, 1.82) is 0 Å². The highest BCUT2D eigenvalue weighted by molar-refractivity contribution is 7.89. The van der Waals surface area contributed by atoms with Crippen molar-refractivity contribution in [1.82, 2.24) is 15.4 Å². The third kappa shape index (κ3) is 6.20. The molecule has 0 bridgehead atoms. The molecule has 2 aliphatic carbocycles. The maximum Gasteiger partial charge on any atom is 0.240 e. The number of ether oxygens (including phenoxy) is 1. The van der Waals surface area contributed by atoms with Gasteiger partial charge in [-0.1, -0.05) is 24.3 Å². The molecular formula is C27H38ClN3O3S. The molecule has 3 atom stereocenters. The van der Waals surface area contributed by atoms with Crippen LogP contribution in [0.3, 0.4) is 0 Å². The quantitative estimate of drug-likeness (QED) is 0.487. The van der Waals surface area contributed by atoms with Crippen molar-refractivity contribution < 1.29 is 13.2 Å². The molecule has 2 aromatic carbocycles. The van der Waals surface area contributed by atoms with E-state index in [0.717, 1.165) is 50.8 Å². The summed E-state index contributed by atoms with van der Waals surface area (Å²) in [5.74, 6) is 2.64. The number of methoxy groups -OCH3 is 1. The molecule has 0 amide bonds. The van der Waals surface area contributed by atoms with E-state index < -0.39 is 10.0 Å². The van der Waals surface area contributed by atoms with E-state index in [4.69, 9.17) is 4.74 Å². The molecule has 2 aromatic rings. The second-order valence-electron chi connectivity index (χ2n) is 10.2. The molecule has 2 fully saturated rings. The van der Waals surface area contributed by atoms with Crippen LogP contribution in [0.1, 0.15) is 55.6 Å². The van der Waals surface area contributed by atoms with E-state index in [0.29, 0.717) is 41.4 Å². The van der Waals surface area contributed by atoms with Crippen LogP contribution < -0.4 is 20.1 Å². The van der Waals surface area contributed by atoms with Gasteiger partial charge in [0.1, 0.15) is 5.75 Å². The van der Waals surface area contributed by atoms with Gasteiger partial charge in [0.15, 0.2) is 0 Å². The SMILES string of the molecule is COc1ccc2c(c1)CCC1NC(NCC3CCC(CNS(=O)(=O)c4ccccc4)CC3)CC21.Cl. The summed E-state index contributed by atoms with van der Waals surface area (Å²) >= 11 is 0. The van der Waals surface area contributed by atoms with Gasteiger partial charge in [0.2, 0.25) is 10.0 Å². The fourth-order valence-corrected chi connectivity index (χ4v) is 7.23. The lowest BCUT2D eigenvalue weighted by Gasteiger charge is -2.29. The van der Waals surface area contributed by atoms with Gasteiger partial charge in [-0.2, -0.15) is 0 Å². The highest BCUT2D eigenvalue weighted by Crippen LogP contribution is 2.40. The summed E-state index contributed by atoms with van der Waals surface area (Å²) in [7, 11) is -1.67. The Bertz CT molecular complexity index is 1070. The van der Waals surface area contributed by atoms with E-state index >= 15 is 0 Å². The average molecular weight is 520 g/mol. The number of halogens is 1. The molecule has 3 aliphatic rings. The Morgan fingerprint density at radius 1 is 0.971 bits per heavy atom. The first-order valence-corrected chi connectivity index (χ1v) is 14.2. The van der Waals surface area contributed by atoms with E-state index in [-0.39, 0.29) is 12.4 Å². The molecule has 1 saturated carbocycles. The molecule has 0 aromatic heterocycles. The van der Waals surface area contributed by atoms with Crippen molar-refractivity contribution in [2.24, 2.45) is 11.8 Å². The van der Waals surface area contributed by atoms with Crippen molar-refractivity contribution in [3.05, 3.63) is 59.7 Å². The van der Waals surface area contributed by atoms with Gasteiger partial charge in [0, 0.05) is 18.5 Å². The summed E-state index contributed by atoms with van der Waals surface area (Å²) in [5, 5.41) is 7.65. The van der Waals surface area contributed by atoms with Crippen LogP contribution in [-0.2, 0) is 16.4 Å². The maximum atomic E-state index is 12.5. The van der Waals surface area contributed by atoms with E-state index in [1.165, 1.54) is 17.5 Å². The lowest BCUT2D eigenvalue weighted by molar-refractivity contribution is 0.258. The number of fused-ring (bicyclic) bond motifs is 3. The Morgan fingerprint density at radius 2 is 1.69 bits per heavy atom. The third-order valence-electron chi connectivity index (χ3n) is 8.10. The van der Waals surface area contributed by atoms with Crippen LogP contribution in [0.2, 0.25) is 0 Å². The highest BCUT2D eigenvalue weighted by Gasteiger charge is 2.38. The van der Waals surface area contributed by atoms with Gasteiger partial charge in [-0.15, -0.1) is 12.4 Å². The maximum absolute atomic E-state index is 12.5. The molecule has 1 saturated heterocycles. The smallest absolute Gasteiger partial charge is 0.240 e. The number of rotatable bonds is 8. The molecule has 1 aliphatic heterocycles. The minimum Gasteiger partial charge on any atom is -0.497 e. The van der Waals surface area contributed by atoms with Crippen molar-refractivity contribution in [3.8, 4) is 5.75 Å². The molecule has 8 heteroatoms. The molecule has 0 radical (unpaired) electrons. The largest absolute Gasteiger partial charge is 0.497 e. The molecular weight excluding hydrogens is 482 g/mol. The predicted octanol–water partition coefficient (Wildman–Crippen LogP) is 4.21. The topological polar surface area (TPSA) is 79.5 Å². The number of benzene rings is 2. The highest BCUT2D eigenvalue weighted by atomic mass is 35.5. The van der Waals surface area contributed by atoms with Crippen LogP contribution in [0.25, 0.3) is 0 Å². The summed E-state index contributed by atoms with van der Waals surface area (Å²) in [6.45, 7) is 1.57. The van der Waals surface area contributed by atoms with E-state index in [9.17, 15) is 8.42 Å². The molecule has 35 heavy (non-hydrogen) atoms. The van der Waals surface area contributed by atoms with Crippen molar-refractivity contribution in [3.63, 3.8) is 0 Å². The van der Waals surface area contributed by atoms with Crippen molar-refractivity contribution >= 4 is 22.4 Å². The lowest BCUT2D eigenvalue weighted by atomic mass is 9.79. The van der Waals surface area contributed by atoms with E-state index in [2.05, 4.69) is 33.6 Å². The first-order chi connectivity index (χ1) is 16.5. The van der Waals surface area contributed by atoms with Gasteiger partial charge in [-0.3, -0.25) is 5.32 Å². The Kier molecular flexibility index (Phi) is 8.76. The monoisotopic (exact) mass is 519 g/mol. The van der Waals surface area contributed by atoms with Crippen LogP contribution in [0.5, 0.6) is 5.75 Å². The van der Waals surface area contributed by atoms with Crippen LogP contribution >= 0.6 is 12.4 Å². The first-order valence-electron chi connectivity index (χ1n) is 12.7. The Morgan fingerprint density at radius 3 is 2.40 bits per heavy atom. The Balaban J connectivity index is 0.00000289. The summed E-state index contributed by atoms with van der Waals surface area (Å²) < 4.78 is 33.2. The normalized spacial score (nSPS) is 28.0. The molecule has 1 heterocycles. The number of hydrogen-bond acceptors (Lipinski definition) is 5. The van der Waals surface area contributed by atoms with Crippen LogP contribution in [0, 0.1) is 11.8 Å². The van der Waals surface area contributed by atoms with Gasteiger partial charge in [0.05, 0.1) is 18.2 Å². The fraction of sp³-hybridized carbons (Fsp3) is 0.556. The standard InChI is InChI=1S/C27H37N3O3S.ClH/c1-33-22-12-13-24-21(15-22)11-14-26-25(24)16-27(30-26)28-17-19-7-9-20(10-8-19)18-29-34(31,32)23-5-3-2-4-6-23;/h2-6,12-13,15,19-20,25-30H,7-11,14,16-18H2,1H3;1H. The first kappa shape index (κ1) is 26.4. The number of sulfonamides is 1. The predicted molar refractivity (Wildman–Crippen MR) is 142 cm³/mol. The van der Waals surface area contributed by atoms with Crippen LogP contribution in [-0.4, -0.2) is 40.8 Å². The molecule has 0 spiro atoms. The second kappa shape index (κ2) is 11.6. The zero-order valence-corrected chi connectivity index (χ0v) is 22.0. The average Bonchev–Trinajstić information content (AvgIpc) is 3.31. The van der Waals surface area contributed by atoms with E-state index in [1.54, 1.807) is 31.4 Å². The van der Waals surface area contributed by atoms with Crippen LogP contribution in [0.4, 0.5) is 0 Å². The summed E-state index contributed by atoms with van der Waals surface area (Å²) in [4.78, 5) is 0.347. The molecule has 6 nitrogen and oxygen atoms in total. The summed E-state index contributed by atoms with van der Waals surface area (Å²) in [6.07, 6.45) is 8.31. The van der Waals surface area contributed by atoms with Gasteiger partial charge in [0.25, 0.3) is 0 Å². The van der Waals surface area contributed by atoms with Crippen molar-refractivity contribution in [2.75, 3.05) is 20.2 Å². The minimum atomic E-state index is -3.41. The van der Waals surface area contributed by atoms with Gasteiger partial charge >= 0.3 is 0 Å². The van der Waals surface area contributed by atoms with Crippen LogP contribution in [0.15, 0.2) is 53.4 Å². The number of nitrogens with one attached hydrogen (secondary N) is 3. The third-order valence-corrected chi connectivity index (χ3v) is 9.54. The molecule has 3 unspecified atom stereocenters. The zero-order chi connectivity index (χ0) is 23.5. The van der Waals surface area contributed by atoms with Crippen molar-refractivity contribution in [2.45, 2.75) is 68.0 Å². The molecule has 5 rings (SSSR count). The number of aryl methyl sites for hydroxylation is 1. The Labute approximate surface area is 216 Å². The molecule has 192 valence electrons. The van der Waals surface area contributed by atoms with Gasteiger partial charge < -0.3 is 10.1 Å². The summed E-state index contributed by atoms with van der Waals surface area (Å²) in [5.41, 5.74) is 2.94. The minimum absolute atomic E-state index is 0. The van der Waals surface area contributed by atoms with Gasteiger partial charge in [-0.25, -0.2) is 13.1 Å². The second-order valence-corrected chi connectivity index (χ2v) is 12.0. The lowest BCUT2D eigenvalue weighted by Crippen LogP contribution is -2.43. The van der Waals surface area contributed by atoms with E-state index in [1.807, 2.05) is 6.07 Å². The van der Waals surface area contributed by atoms with Gasteiger partial charge in [-0.05, 0) is 98.7 Å². The Hall–Kier alpha value is -1.64. The summed E-state index contributed by atoms with van der Waals surface area (Å²) in [6, 6.07) is 15.8. The fourth-order valence-electron chi connectivity index (χ4n) is 6.09. The zero-order valence-electron chi connectivity index (χ0n) is 20.4. The molecule has 3 N–H and O–H groups in total.